The Labute approximate surface area is 414 Å². The Hall–Kier alpha value is -4.10. The molecule has 4 rings (SSSR count). The molecule has 0 aliphatic carbocycles. The molecule has 7 nitrogen and oxygen atoms in total. The van der Waals surface area contributed by atoms with Crippen LogP contribution in [-0.4, -0.2) is 54.8 Å². The summed E-state index contributed by atoms with van der Waals surface area (Å²) in [6, 6.07) is 39.6. The predicted octanol–water partition coefficient (Wildman–Crippen LogP) is 15.5. The molecule has 0 amide bonds. The average Bonchev–Trinajstić information content (AvgIpc) is 3.29. The van der Waals surface area contributed by atoms with E-state index in [0.29, 0.717) is 25.6 Å². The first-order chi connectivity index (χ1) is 32.0. The second kappa shape index (κ2) is 25.1. The first kappa shape index (κ1) is 56.5. The van der Waals surface area contributed by atoms with Crippen LogP contribution < -0.4 is 4.74 Å². The summed E-state index contributed by atoms with van der Waals surface area (Å²) in [5.41, 5.74) is 3.59. The van der Waals surface area contributed by atoms with Gasteiger partial charge in [0.1, 0.15) is 11.4 Å². The van der Waals surface area contributed by atoms with Crippen molar-refractivity contribution in [1.82, 2.24) is 0 Å². The number of carbonyl (C=O) groups excluding carboxylic acids is 1. The molecule has 0 heterocycles. The molecule has 0 N–H and O–H groups in total. The molecular weight excluding hydrogens is 877 g/mol. The third-order valence-electron chi connectivity index (χ3n) is 14.2. The summed E-state index contributed by atoms with van der Waals surface area (Å²) in [5, 5.41) is -0.351. The molecule has 0 spiro atoms. The highest BCUT2D eigenvalue weighted by molar-refractivity contribution is 6.75. The van der Waals surface area contributed by atoms with Gasteiger partial charge in [-0.1, -0.05) is 190 Å². The molecule has 0 saturated heterocycles. The molecule has 0 aliphatic heterocycles. The van der Waals surface area contributed by atoms with Gasteiger partial charge in [-0.25, -0.2) is 4.79 Å². The van der Waals surface area contributed by atoms with Crippen molar-refractivity contribution in [3.63, 3.8) is 0 Å². The topological polar surface area (TPSA) is 72.5 Å². The Kier molecular flexibility index (Phi) is 20.9. The van der Waals surface area contributed by atoms with E-state index in [0.717, 1.165) is 47.3 Å². The number of hydrogen-bond acceptors (Lipinski definition) is 7. The van der Waals surface area contributed by atoms with Gasteiger partial charge in [-0.3, -0.25) is 0 Å². The van der Waals surface area contributed by atoms with E-state index in [9.17, 15) is 4.79 Å². The van der Waals surface area contributed by atoms with Crippen molar-refractivity contribution in [1.29, 1.82) is 0 Å². The van der Waals surface area contributed by atoms with Crippen molar-refractivity contribution in [2.75, 3.05) is 20.3 Å². The Balaban J connectivity index is 1.53. The fraction of sp³-hybridized carbons (Fsp3) is 0.508. The van der Waals surface area contributed by atoms with Gasteiger partial charge in [0.05, 0.1) is 33.0 Å². The van der Waals surface area contributed by atoms with Gasteiger partial charge in [0.25, 0.3) is 5.79 Å². The van der Waals surface area contributed by atoms with E-state index in [2.05, 4.69) is 204 Å². The number of methoxy groups -OCH3 is 1. The van der Waals surface area contributed by atoms with Crippen LogP contribution >= 0.6 is 0 Å². The van der Waals surface area contributed by atoms with E-state index in [1.807, 2.05) is 31.2 Å². The number of rotatable bonds is 26. The third kappa shape index (κ3) is 15.2. The molecule has 0 saturated carbocycles. The molecule has 4 aromatic carbocycles. The zero-order chi connectivity index (χ0) is 50.2. The average molecular weight is 964 g/mol. The molecular formula is C59H86O7Si2. The summed E-state index contributed by atoms with van der Waals surface area (Å²) >= 11 is 0. The lowest BCUT2D eigenvalue weighted by Crippen LogP contribution is -2.61. The van der Waals surface area contributed by atoms with Crippen molar-refractivity contribution < 1.29 is 32.6 Å². The SMILES string of the molecule is CCOC(=O)C(C[C@H](C)[C@@H](OCc1ccc(OC)cc1)[C@@H](C)C=CCCC[C@@H](C)C=CCOC(c1ccccc1)(c1ccccc1)c1ccccc1)(O[Si](C)(C)C(C)(C)C)O[Si](C)(C)C(C)(C)C. The standard InChI is InChI=1S/C59H86O7Si2/c1-16-62-55(60)58(65-67(12,13)56(5,6)7,66-68(14,15)57(8,9)10)44-48(4)54(63-45-49-39-41-53(61-11)42-40-49)47(3)32-22-17-21-30-46(2)31-29-43-64-59(50-33-23-18-24-34-50,51-35-25-19-26-36-51)52-37-27-20-28-38-52/h18-20,22-29,31-42,46-48,54H,16-17,21,30,43-45H2,1-15H3/t46-,47+,48+,54+/m1/s1. The molecule has 4 atom stereocenters. The van der Waals surface area contributed by atoms with Gasteiger partial charge < -0.3 is 27.8 Å². The van der Waals surface area contributed by atoms with E-state index in [-0.39, 0.29) is 34.6 Å². The van der Waals surface area contributed by atoms with E-state index in [1.54, 1.807) is 7.11 Å². The summed E-state index contributed by atoms with van der Waals surface area (Å²) in [7, 11) is -3.49. The second-order valence-corrected chi connectivity index (χ2v) is 31.2. The lowest BCUT2D eigenvalue weighted by atomic mass is 9.80. The third-order valence-corrected chi connectivity index (χ3v) is 23.1. The van der Waals surface area contributed by atoms with Crippen LogP contribution in [-0.2, 0) is 40.1 Å². The van der Waals surface area contributed by atoms with Crippen LogP contribution in [0.15, 0.2) is 140 Å². The minimum absolute atomic E-state index is 0.0254. The zero-order valence-electron chi connectivity index (χ0n) is 44.4. The van der Waals surface area contributed by atoms with Crippen LogP contribution in [0.2, 0.25) is 36.3 Å². The van der Waals surface area contributed by atoms with Gasteiger partial charge >= 0.3 is 5.97 Å². The second-order valence-electron chi connectivity index (χ2n) is 21.7. The minimum Gasteiger partial charge on any atom is -0.497 e. The molecule has 9 heteroatoms. The van der Waals surface area contributed by atoms with Gasteiger partial charge in [0.15, 0.2) is 16.6 Å². The van der Waals surface area contributed by atoms with Crippen molar-refractivity contribution in [3.8, 4) is 5.75 Å². The Bertz CT molecular complexity index is 2010. The summed E-state index contributed by atoms with van der Waals surface area (Å²) in [4.78, 5) is 14.5. The van der Waals surface area contributed by atoms with Crippen LogP contribution in [0.5, 0.6) is 5.75 Å². The van der Waals surface area contributed by atoms with Crippen molar-refractivity contribution >= 4 is 22.6 Å². The van der Waals surface area contributed by atoms with Gasteiger partial charge in [-0.2, -0.15) is 0 Å². The predicted molar refractivity (Wildman–Crippen MR) is 287 cm³/mol. The van der Waals surface area contributed by atoms with E-state index >= 15 is 0 Å². The van der Waals surface area contributed by atoms with Crippen LogP contribution in [0, 0.1) is 17.8 Å². The summed E-state index contributed by atoms with van der Waals surface area (Å²) in [5.74, 6) is -0.984. The maximum atomic E-state index is 14.5. The van der Waals surface area contributed by atoms with Gasteiger partial charge in [-0.05, 0) is 109 Å². The number of hydrogen-bond donors (Lipinski definition) is 0. The zero-order valence-corrected chi connectivity index (χ0v) is 46.4. The maximum absolute atomic E-state index is 14.5. The minimum atomic E-state index is -2.58. The van der Waals surface area contributed by atoms with Crippen molar-refractivity contribution in [2.24, 2.45) is 17.8 Å². The van der Waals surface area contributed by atoms with Crippen LogP contribution in [0.25, 0.3) is 0 Å². The highest BCUT2D eigenvalue weighted by Gasteiger charge is 2.56. The highest BCUT2D eigenvalue weighted by Crippen LogP contribution is 2.47. The van der Waals surface area contributed by atoms with Gasteiger partial charge in [0, 0.05) is 12.3 Å². The fourth-order valence-electron chi connectivity index (χ4n) is 8.23. The molecule has 4 aromatic rings. The molecule has 0 unspecified atom stereocenters. The van der Waals surface area contributed by atoms with Crippen LogP contribution in [0.1, 0.15) is 117 Å². The number of allylic oxidation sites excluding steroid dienone is 2. The lowest BCUT2D eigenvalue weighted by Gasteiger charge is -2.50. The fourth-order valence-corrected chi connectivity index (χ4v) is 11.0. The quantitative estimate of drug-likeness (QED) is 0.0155. The number of unbranched alkanes of at least 4 members (excludes halogenated alkanes) is 1. The smallest absolute Gasteiger partial charge is 0.364 e. The number of ether oxygens (including phenoxy) is 4. The molecule has 0 radical (unpaired) electrons. The van der Waals surface area contributed by atoms with E-state index in [1.165, 1.54) is 0 Å². The largest absolute Gasteiger partial charge is 0.497 e. The lowest BCUT2D eigenvalue weighted by molar-refractivity contribution is -0.206. The molecule has 372 valence electrons. The van der Waals surface area contributed by atoms with Gasteiger partial charge in [-0.15, -0.1) is 0 Å². The molecule has 0 aliphatic rings. The van der Waals surface area contributed by atoms with E-state index in [4.69, 9.17) is 27.8 Å². The van der Waals surface area contributed by atoms with Crippen molar-refractivity contribution in [2.45, 2.75) is 155 Å². The molecule has 0 aromatic heterocycles. The normalized spacial score (nSPS) is 15.0. The highest BCUT2D eigenvalue weighted by atomic mass is 28.4. The number of esters is 1. The molecule has 0 bridgehead atoms. The van der Waals surface area contributed by atoms with E-state index < -0.39 is 34.0 Å². The number of benzene rings is 4. The first-order valence-corrected chi connectivity index (χ1v) is 30.8. The summed E-state index contributed by atoms with van der Waals surface area (Å²) in [6.45, 7) is 31.5. The summed E-state index contributed by atoms with van der Waals surface area (Å²) < 4.78 is 39.7. The monoisotopic (exact) mass is 963 g/mol. The van der Waals surface area contributed by atoms with Crippen molar-refractivity contribution in [3.05, 3.63) is 162 Å². The Morgan fingerprint density at radius 1 is 0.662 bits per heavy atom. The molecule has 0 fully saturated rings. The van der Waals surface area contributed by atoms with Crippen LogP contribution in [0.3, 0.4) is 0 Å². The maximum Gasteiger partial charge on any atom is 0.364 e. The van der Waals surface area contributed by atoms with Crippen LogP contribution in [0.4, 0.5) is 0 Å². The summed E-state index contributed by atoms with van der Waals surface area (Å²) in [6.07, 6.45) is 12.1. The van der Waals surface area contributed by atoms with Gasteiger partial charge in [0.2, 0.25) is 0 Å². The molecule has 68 heavy (non-hydrogen) atoms. The Morgan fingerprint density at radius 3 is 1.59 bits per heavy atom. The Morgan fingerprint density at radius 2 is 1.15 bits per heavy atom. The first-order valence-electron chi connectivity index (χ1n) is 25.0. The number of carbonyl (C=O) groups is 1.